The Morgan fingerprint density at radius 2 is 2.07 bits per heavy atom. The van der Waals surface area contributed by atoms with Gasteiger partial charge in [-0.05, 0) is 62.5 Å². The molecule has 0 radical (unpaired) electrons. The van der Waals surface area contributed by atoms with Crippen molar-refractivity contribution in [1.82, 2.24) is 9.88 Å². The molecule has 7 heteroatoms. The molecule has 1 N–H and O–H groups in total. The molecule has 30 heavy (non-hydrogen) atoms. The molecule has 0 spiro atoms. The lowest BCUT2D eigenvalue weighted by Gasteiger charge is -2.19. The van der Waals surface area contributed by atoms with Crippen molar-refractivity contribution < 1.29 is 9.53 Å². The summed E-state index contributed by atoms with van der Waals surface area (Å²) in [7, 11) is 5.89. The summed E-state index contributed by atoms with van der Waals surface area (Å²) in [5.41, 5.74) is 2.68. The monoisotopic (exact) mass is 422 g/mol. The average molecular weight is 423 g/mol. The van der Waals surface area contributed by atoms with Gasteiger partial charge in [0.1, 0.15) is 5.75 Å². The highest BCUT2D eigenvalue weighted by Gasteiger charge is 2.26. The number of thiazole rings is 1. The molecule has 4 rings (SSSR count). The second-order valence-corrected chi connectivity index (χ2v) is 8.64. The zero-order valence-corrected chi connectivity index (χ0v) is 18.3. The number of aromatic nitrogens is 1. The van der Waals surface area contributed by atoms with Gasteiger partial charge in [-0.2, -0.15) is 0 Å². The largest absolute Gasteiger partial charge is 0.497 e. The number of hydrogen-bond donors (Lipinski definition) is 1. The number of benzene rings is 2. The standard InChI is InChI=1S/C23H26N4O2S/c1-26(2)18-12-13-27(15-18)23-25-20-10-7-17(14-21(20)30-23)24-22(28)11-6-16-4-8-19(29-3)9-5-16/h4-11,14,18H,12-13,15H2,1-3H3,(H,24,28)/b11-6-. The zero-order valence-electron chi connectivity index (χ0n) is 17.5. The Morgan fingerprint density at radius 3 is 2.77 bits per heavy atom. The highest BCUT2D eigenvalue weighted by molar-refractivity contribution is 7.22. The van der Waals surface area contributed by atoms with Crippen LogP contribution in [0.2, 0.25) is 0 Å². The summed E-state index contributed by atoms with van der Waals surface area (Å²) in [6, 6.07) is 14.0. The second-order valence-electron chi connectivity index (χ2n) is 7.63. The number of nitrogens with zero attached hydrogens (tertiary/aromatic N) is 3. The molecule has 3 aromatic rings. The van der Waals surface area contributed by atoms with Gasteiger partial charge in [0.15, 0.2) is 5.13 Å². The maximum Gasteiger partial charge on any atom is 0.248 e. The molecule has 0 aliphatic carbocycles. The van der Waals surface area contributed by atoms with Gasteiger partial charge in [-0.3, -0.25) is 4.79 Å². The van der Waals surface area contributed by atoms with Crippen LogP contribution < -0.4 is 15.0 Å². The third-order valence-corrected chi connectivity index (χ3v) is 6.43. The van der Waals surface area contributed by atoms with Gasteiger partial charge in [-0.25, -0.2) is 4.98 Å². The van der Waals surface area contributed by atoms with E-state index < -0.39 is 0 Å². The summed E-state index contributed by atoms with van der Waals surface area (Å²) in [5, 5.41) is 3.99. The molecule has 0 bridgehead atoms. The van der Waals surface area contributed by atoms with E-state index in [2.05, 4.69) is 29.2 Å². The number of nitrogens with one attached hydrogen (secondary N) is 1. The SMILES string of the molecule is COc1ccc(/C=C\C(=O)Nc2ccc3nc(N4CCC(N(C)C)C4)sc3c2)cc1. The maximum absolute atomic E-state index is 12.3. The van der Waals surface area contributed by atoms with Crippen molar-refractivity contribution in [2.45, 2.75) is 12.5 Å². The third-order valence-electron chi connectivity index (χ3n) is 5.35. The van der Waals surface area contributed by atoms with Gasteiger partial charge in [0, 0.05) is 30.9 Å². The minimum Gasteiger partial charge on any atom is -0.497 e. The van der Waals surface area contributed by atoms with Crippen molar-refractivity contribution in [2.75, 3.05) is 44.5 Å². The number of carbonyl (C=O) groups is 1. The van der Waals surface area contributed by atoms with E-state index in [0.29, 0.717) is 6.04 Å². The molecular weight excluding hydrogens is 396 g/mol. The first kappa shape index (κ1) is 20.4. The number of fused-ring (bicyclic) bond motifs is 1. The van der Waals surface area contributed by atoms with Crippen LogP contribution in [0.1, 0.15) is 12.0 Å². The van der Waals surface area contributed by atoms with E-state index in [1.165, 1.54) is 6.08 Å². The van der Waals surface area contributed by atoms with E-state index in [9.17, 15) is 4.79 Å². The van der Waals surface area contributed by atoms with Gasteiger partial charge in [0.2, 0.25) is 5.91 Å². The van der Waals surface area contributed by atoms with E-state index in [1.54, 1.807) is 24.5 Å². The van der Waals surface area contributed by atoms with Crippen molar-refractivity contribution in [1.29, 1.82) is 0 Å². The van der Waals surface area contributed by atoms with Gasteiger partial charge in [-0.15, -0.1) is 0 Å². The Bertz CT molecular complexity index is 1060. The Kier molecular flexibility index (Phi) is 6.01. The molecule has 1 saturated heterocycles. The number of methoxy groups -OCH3 is 1. The molecule has 2 aromatic carbocycles. The van der Waals surface area contributed by atoms with Crippen molar-refractivity contribution in [3.63, 3.8) is 0 Å². The van der Waals surface area contributed by atoms with Crippen LogP contribution in [-0.2, 0) is 4.79 Å². The van der Waals surface area contributed by atoms with E-state index in [1.807, 2.05) is 42.5 Å². The van der Waals surface area contributed by atoms with E-state index in [4.69, 9.17) is 9.72 Å². The van der Waals surface area contributed by atoms with Gasteiger partial charge in [-0.1, -0.05) is 23.5 Å². The molecule has 1 fully saturated rings. The normalized spacial score (nSPS) is 16.7. The summed E-state index contributed by atoms with van der Waals surface area (Å²) < 4.78 is 6.23. The lowest BCUT2D eigenvalue weighted by Crippen LogP contribution is -2.31. The first-order chi connectivity index (χ1) is 14.5. The van der Waals surface area contributed by atoms with Crippen LogP contribution in [0, 0.1) is 0 Å². The first-order valence-electron chi connectivity index (χ1n) is 9.97. The maximum atomic E-state index is 12.3. The number of ether oxygens (including phenoxy) is 1. The van der Waals surface area contributed by atoms with Crippen LogP contribution >= 0.6 is 11.3 Å². The summed E-state index contributed by atoms with van der Waals surface area (Å²) in [6.07, 6.45) is 4.48. The van der Waals surface area contributed by atoms with Gasteiger partial charge >= 0.3 is 0 Å². The molecule has 0 saturated carbocycles. The van der Waals surface area contributed by atoms with Crippen LogP contribution in [0.3, 0.4) is 0 Å². The Hall–Kier alpha value is -2.90. The number of hydrogen-bond acceptors (Lipinski definition) is 6. The van der Waals surface area contributed by atoms with Crippen LogP contribution in [0.15, 0.2) is 48.5 Å². The van der Waals surface area contributed by atoms with Crippen LogP contribution in [-0.4, -0.2) is 56.1 Å². The fourth-order valence-corrected chi connectivity index (χ4v) is 4.57. The third kappa shape index (κ3) is 4.63. The molecule has 1 aromatic heterocycles. The van der Waals surface area contributed by atoms with Crippen LogP contribution in [0.5, 0.6) is 5.75 Å². The Balaban J connectivity index is 1.42. The quantitative estimate of drug-likeness (QED) is 0.606. The first-order valence-corrected chi connectivity index (χ1v) is 10.8. The topological polar surface area (TPSA) is 57.7 Å². The van der Waals surface area contributed by atoms with Gasteiger partial charge in [0.05, 0.1) is 17.3 Å². The molecule has 1 aliphatic rings. The van der Waals surface area contributed by atoms with Crippen LogP contribution in [0.4, 0.5) is 10.8 Å². The average Bonchev–Trinajstić information content (AvgIpc) is 3.39. The number of carbonyl (C=O) groups excluding carboxylic acids is 1. The smallest absolute Gasteiger partial charge is 0.248 e. The summed E-state index contributed by atoms with van der Waals surface area (Å²) in [4.78, 5) is 21.7. The summed E-state index contributed by atoms with van der Waals surface area (Å²) in [5.74, 6) is 0.628. The molecule has 2 heterocycles. The van der Waals surface area contributed by atoms with Crippen LogP contribution in [0.25, 0.3) is 16.3 Å². The number of rotatable bonds is 6. The summed E-state index contributed by atoms with van der Waals surface area (Å²) >= 11 is 1.68. The number of likely N-dealkylation sites (N-methyl/N-ethyl adjacent to an activating group) is 1. The van der Waals surface area contributed by atoms with Crippen molar-refractivity contribution in [2.24, 2.45) is 0 Å². The Morgan fingerprint density at radius 1 is 1.27 bits per heavy atom. The molecule has 1 amide bonds. The second kappa shape index (κ2) is 8.85. The number of amides is 1. The fourth-order valence-electron chi connectivity index (χ4n) is 3.53. The van der Waals surface area contributed by atoms with Gasteiger partial charge in [0.25, 0.3) is 0 Å². The lowest BCUT2D eigenvalue weighted by atomic mass is 10.2. The number of anilines is 2. The molecule has 1 aliphatic heterocycles. The van der Waals surface area contributed by atoms with Gasteiger partial charge < -0.3 is 19.9 Å². The Labute approximate surface area is 180 Å². The zero-order chi connectivity index (χ0) is 21.1. The lowest BCUT2D eigenvalue weighted by molar-refractivity contribution is -0.111. The highest BCUT2D eigenvalue weighted by Crippen LogP contribution is 2.33. The fraction of sp³-hybridized carbons (Fsp3) is 0.304. The van der Waals surface area contributed by atoms with E-state index >= 15 is 0 Å². The molecule has 6 nitrogen and oxygen atoms in total. The molecule has 1 unspecified atom stereocenters. The van der Waals surface area contributed by atoms with E-state index in [0.717, 1.165) is 51.9 Å². The van der Waals surface area contributed by atoms with Crippen molar-refractivity contribution in [3.8, 4) is 5.75 Å². The highest BCUT2D eigenvalue weighted by atomic mass is 32.1. The van der Waals surface area contributed by atoms with Crippen molar-refractivity contribution in [3.05, 3.63) is 54.1 Å². The minimum atomic E-state index is -0.164. The molecule has 156 valence electrons. The van der Waals surface area contributed by atoms with Crippen molar-refractivity contribution >= 4 is 44.4 Å². The molecular formula is C23H26N4O2S. The minimum absolute atomic E-state index is 0.164. The summed E-state index contributed by atoms with van der Waals surface area (Å²) in [6.45, 7) is 2.04. The molecule has 1 atom stereocenters. The predicted molar refractivity (Wildman–Crippen MR) is 125 cm³/mol. The predicted octanol–water partition coefficient (Wildman–Crippen LogP) is 4.10. The van der Waals surface area contributed by atoms with E-state index in [-0.39, 0.29) is 5.91 Å².